The Balaban J connectivity index is 2.27. The molecular formula is C13H8N4O5S. The molecule has 0 saturated carbocycles. The van der Waals surface area contributed by atoms with Gasteiger partial charge >= 0.3 is 11.2 Å². The Hall–Kier alpha value is -3.14. The minimum Gasteiger partial charge on any atom is -0.261 e. The molecular weight excluding hydrogens is 324 g/mol. The van der Waals surface area contributed by atoms with Crippen molar-refractivity contribution >= 4 is 27.7 Å². The van der Waals surface area contributed by atoms with Gasteiger partial charge < -0.3 is 0 Å². The van der Waals surface area contributed by atoms with Gasteiger partial charge in [-0.25, -0.2) is 9.38 Å². The van der Waals surface area contributed by atoms with Crippen LogP contribution in [0.4, 0.5) is 11.4 Å². The Labute approximate surface area is 131 Å². The predicted molar refractivity (Wildman–Crippen MR) is 82.8 cm³/mol. The molecule has 23 heavy (non-hydrogen) atoms. The lowest BCUT2D eigenvalue weighted by Gasteiger charge is -2.02. The molecule has 0 aliphatic rings. The van der Waals surface area contributed by atoms with E-state index in [1.54, 1.807) is 5.38 Å². The molecule has 116 valence electrons. The fraction of sp³-hybridized carbons (Fsp3) is 0.0769. The largest absolute Gasteiger partial charge is 0.355 e. The summed E-state index contributed by atoms with van der Waals surface area (Å²) < 4.78 is 1.15. The quantitative estimate of drug-likeness (QED) is 0.537. The molecule has 0 radical (unpaired) electrons. The molecule has 1 aromatic carbocycles. The van der Waals surface area contributed by atoms with Crippen LogP contribution in [-0.2, 0) is 0 Å². The van der Waals surface area contributed by atoms with Crippen molar-refractivity contribution in [1.82, 2.24) is 9.38 Å². The molecule has 0 aliphatic carbocycles. The van der Waals surface area contributed by atoms with Crippen LogP contribution in [0.1, 0.15) is 5.69 Å². The summed E-state index contributed by atoms with van der Waals surface area (Å²) in [5.74, 6) is 0. The number of hydrogen-bond donors (Lipinski definition) is 0. The zero-order valence-corrected chi connectivity index (χ0v) is 12.4. The predicted octanol–water partition coefficient (Wildman–Crippen LogP) is 2.55. The van der Waals surface area contributed by atoms with Crippen molar-refractivity contribution in [2.75, 3.05) is 0 Å². The smallest absolute Gasteiger partial charge is 0.261 e. The molecule has 0 saturated heterocycles. The Morgan fingerprint density at radius 1 is 1.13 bits per heavy atom. The second kappa shape index (κ2) is 5.25. The standard InChI is InChI=1S/C13H8N4O5S/c1-7-11(17(21)22)12(18)15-10(6-23-13(15)14-7)8-2-4-9(5-3-8)16(19)20/h2-6H,1H3. The highest BCUT2D eigenvalue weighted by Crippen LogP contribution is 2.27. The molecule has 3 rings (SSSR count). The van der Waals surface area contributed by atoms with E-state index in [1.165, 1.54) is 31.2 Å². The van der Waals surface area contributed by atoms with Crippen molar-refractivity contribution in [1.29, 1.82) is 0 Å². The van der Waals surface area contributed by atoms with Crippen LogP contribution in [0.15, 0.2) is 34.4 Å². The van der Waals surface area contributed by atoms with Gasteiger partial charge in [0, 0.05) is 23.1 Å². The number of thiazole rings is 1. The number of non-ortho nitro benzene ring substituents is 1. The average molecular weight is 332 g/mol. The lowest BCUT2D eigenvalue weighted by molar-refractivity contribution is -0.387. The maximum atomic E-state index is 12.4. The summed E-state index contributed by atoms with van der Waals surface area (Å²) in [6.45, 7) is 1.41. The van der Waals surface area contributed by atoms with Crippen molar-refractivity contribution in [2.45, 2.75) is 6.92 Å². The van der Waals surface area contributed by atoms with E-state index in [0.29, 0.717) is 16.2 Å². The minimum absolute atomic E-state index is 0.0529. The Bertz CT molecular complexity index is 1010. The topological polar surface area (TPSA) is 121 Å². The van der Waals surface area contributed by atoms with Gasteiger partial charge in [-0.3, -0.25) is 25.0 Å². The van der Waals surface area contributed by atoms with Gasteiger partial charge in [0.25, 0.3) is 5.69 Å². The van der Waals surface area contributed by atoms with Crippen LogP contribution in [0, 0.1) is 27.2 Å². The molecule has 9 nitrogen and oxygen atoms in total. The molecule has 0 spiro atoms. The van der Waals surface area contributed by atoms with Gasteiger partial charge in [0.2, 0.25) is 0 Å². The number of aromatic nitrogens is 2. The summed E-state index contributed by atoms with van der Waals surface area (Å²) in [5.41, 5.74) is -0.446. The number of nitrogens with zero attached hydrogens (tertiary/aromatic N) is 4. The molecule has 2 aromatic heterocycles. The van der Waals surface area contributed by atoms with Gasteiger partial charge in [0.1, 0.15) is 5.69 Å². The molecule has 0 atom stereocenters. The van der Waals surface area contributed by atoms with Crippen LogP contribution in [0.2, 0.25) is 0 Å². The highest BCUT2D eigenvalue weighted by atomic mass is 32.1. The van der Waals surface area contributed by atoms with E-state index in [4.69, 9.17) is 0 Å². The van der Waals surface area contributed by atoms with E-state index in [2.05, 4.69) is 4.98 Å². The van der Waals surface area contributed by atoms with Gasteiger partial charge in [0.05, 0.1) is 15.5 Å². The number of nitro groups is 2. The van der Waals surface area contributed by atoms with E-state index < -0.39 is 21.1 Å². The SMILES string of the molecule is Cc1nc2scc(-c3ccc([N+](=O)[O-])cc3)n2c(=O)c1[N+](=O)[O-]. The van der Waals surface area contributed by atoms with Crippen LogP contribution >= 0.6 is 11.3 Å². The van der Waals surface area contributed by atoms with Crippen molar-refractivity contribution in [3.05, 3.63) is 65.9 Å². The lowest BCUT2D eigenvalue weighted by atomic mass is 10.1. The number of rotatable bonds is 3. The maximum Gasteiger partial charge on any atom is 0.355 e. The summed E-state index contributed by atoms with van der Waals surface area (Å²) in [5, 5.41) is 23.4. The molecule has 10 heteroatoms. The van der Waals surface area contributed by atoms with E-state index in [0.717, 1.165) is 15.7 Å². The number of benzene rings is 1. The summed E-state index contributed by atoms with van der Waals surface area (Å²) >= 11 is 1.16. The van der Waals surface area contributed by atoms with Crippen LogP contribution in [0.3, 0.4) is 0 Å². The van der Waals surface area contributed by atoms with Crippen LogP contribution in [0.25, 0.3) is 16.2 Å². The fourth-order valence-electron chi connectivity index (χ4n) is 2.21. The lowest BCUT2D eigenvalue weighted by Crippen LogP contribution is -2.19. The maximum absolute atomic E-state index is 12.4. The van der Waals surface area contributed by atoms with E-state index in [-0.39, 0.29) is 11.4 Å². The van der Waals surface area contributed by atoms with Crippen LogP contribution < -0.4 is 5.56 Å². The monoisotopic (exact) mass is 332 g/mol. The molecule has 0 unspecified atom stereocenters. The number of nitro benzene ring substituents is 1. The van der Waals surface area contributed by atoms with E-state index in [1.807, 2.05) is 0 Å². The fourth-order valence-corrected chi connectivity index (χ4v) is 3.14. The van der Waals surface area contributed by atoms with Crippen molar-refractivity contribution in [3.63, 3.8) is 0 Å². The second-order valence-corrected chi connectivity index (χ2v) is 5.49. The first-order chi connectivity index (χ1) is 10.9. The molecule has 0 N–H and O–H groups in total. The Morgan fingerprint density at radius 2 is 1.78 bits per heavy atom. The van der Waals surface area contributed by atoms with E-state index in [9.17, 15) is 25.0 Å². The molecule has 2 heterocycles. The molecule has 0 aliphatic heterocycles. The van der Waals surface area contributed by atoms with Gasteiger partial charge in [-0.15, -0.1) is 11.3 Å². The third-order valence-electron chi connectivity index (χ3n) is 3.28. The molecule has 0 bridgehead atoms. The van der Waals surface area contributed by atoms with Crippen LogP contribution in [-0.4, -0.2) is 19.2 Å². The zero-order valence-electron chi connectivity index (χ0n) is 11.6. The summed E-state index contributed by atoms with van der Waals surface area (Å²) in [4.78, 5) is 37.3. The first-order valence-electron chi connectivity index (χ1n) is 6.30. The minimum atomic E-state index is -0.771. The Kier molecular flexibility index (Phi) is 3.37. The Morgan fingerprint density at radius 3 is 2.35 bits per heavy atom. The van der Waals surface area contributed by atoms with Crippen molar-refractivity contribution < 1.29 is 9.85 Å². The van der Waals surface area contributed by atoms with Gasteiger partial charge in [-0.2, -0.15) is 0 Å². The number of hydrogen-bond acceptors (Lipinski definition) is 7. The van der Waals surface area contributed by atoms with Crippen molar-refractivity contribution in [2.24, 2.45) is 0 Å². The highest BCUT2D eigenvalue weighted by Gasteiger charge is 2.23. The first kappa shape index (κ1) is 14.8. The third-order valence-corrected chi connectivity index (χ3v) is 4.10. The molecule has 0 fully saturated rings. The van der Waals surface area contributed by atoms with Crippen molar-refractivity contribution in [3.8, 4) is 11.3 Å². The number of fused-ring (bicyclic) bond motifs is 1. The highest BCUT2D eigenvalue weighted by molar-refractivity contribution is 7.15. The average Bonchev–Trinajstić information content (AvgIpc) is 2.90. The summed E-state index contributed by atoms with van der Waals surface area (Å²) in [7, 11) is 0. The first-order valence-corrected chi connectivity index (χ1v) is 7.18. The number of aryl methyl sites for hydroxylation is 1. The van der Waals surface area contributed by atoms with Gasteiger partial charge in [-0.1, -0.05) is 0 Å². The molecule has 0 amide bonds. The van der Waals surface area contributed by atoms with Gasteiger partial charge in [0.15, 0.2) is 4.96 Å². The third kappa shape index (κ3) is 2.34. The van der Waals surface area contributed by atoms with E-state index >= 15 is 0 Å². The van der Waals surface area contributed by atoms with Crippen LogP contribution in [0.5, 0.6) is 0 Å². The van der Waals surface area contributed by atoms with Gasteiger partial charge in [-0.05, 0) is 19.1 Å². The zero-order chi connectivity index (χ0) is 16.7. The summed E-state index contributed by atoms with van der Waals surface area (Å²) in [6, 6.07) is 5.58. The second-order valence-electron chi connectivity index (χ2n) is 4.65. The molecule has 3 aromatic rings. The normalized spacial score (nSPS) is 10.8. The summed E-state index contributed by atoms with van der Waals surface area (Å²) in [6.07, 6.45) is 0.